The molecule has 1 aliphatic heterocycles. The molecule has 6 N–H and O–H groups in total. The van der Waals surface area contributed by atoms with Crippen molar-refractivity contribution in [2.45, 2.75) is 243 Å². The van der Waals surface area contributed by atoms with Gasteiger partial charge < -0.3 is 40.3 Å². The zero-order valence-corrected chi connectivity index (χ0v) is 34.7. The van der Waals surface area contributed by atoms with Crippen molar-refractivity contribution in [3.8, 4) is 0 Å². The average Bonchev–Trinajstić information content (AvgIpc) is 3.17. The fourth-order valence-corrected chi connectivity index (χ4v) is 7.09. The number of hydrogen-bond acceptors (Lipinski definition) is 8. The number of ether oxygens (including phenoxy) is 2. The van der Waals surface area contributed by atoms with Gasteiger partial charge in [-0.2, -0.15) is 0 Å². The topological polar surface area (TPSA) is 149 Å². The molecule has 0 aromatic carbocycles. The van der Waals surface area contributed by atoms with Gasteiger partial charge in [0.15, 0.2) is 6.29 Å². The van der Waals surface area contributed by atoms with Crippen LogP contribution in [0, 0.1) is 0 Å². The number of amides is 1. The fraction of sp³-hybridized carbons (Fsp3) is 0.889. The number of rotatable bonds is 37. The first-order valence-electron chi connectivity index (χ1n) is 22.6. The summed E-state index contributed by atoms with van der Waals surface area (Å²) in [6.45, 7) is 3.75. The number of aliphatic hydroxyl groups is 5. The lowest BCUT2D eigenvalue weighted by molar-refractivity contribution is -0.302. The van der Waals surface area contributed by atoms with Crippen molar-refractivity contribution in [2.24, 2.45) is 0 Å². The van der Waals surface area contributed by atoms with E-state index >= 15 is 0 Å². The van der Waals surface area contributed by atoms with Crippen LogP contribution in [0.1, 0.15) is 200 Å². The highest BCUT2D eigenvalue weighted by Gasteiger charge is 2.44. The van der Waals surface area contributed by atoms with Crippen molar-refractivity contribution in [1.82, 2.24) is 5.32 Å². The monoisotopic (exact) mass is 768 g/mol. The van der Waals surface area contributed by atoms with Crippen molar-refractivity contribution >= 4 is 5.91 Å². The smallest absolute Gasteiger partial charge is 0.220 e. The Labute approximate surface area is 330 Å². The van der Waals surface area contributed by atoms with Crippen molar-refractivity contribution < 1.29 is 39.8 Å². The molecule has 318 valence electrons. The Balaban J connectivity index is 2.31. The summed E-state index contributed by atoms with van der Waals surface area (Å²) < 4.78 is 11.2. The van der Waals surface area contributed by atoms with Gasteiger partial charge in [0.1, 0.15) is 24.4 Å². The van der Waals surface area contributed by atoms with Crippen LogP contribution in [0.4, 0.5) is 0 Å². The van der Waals surface area contributed by atoms with Crippen LogP contribution in [0.15, 0.2) is 24.3 Å². The molecule has 1 heterocycles. The molecule has 9 nitrogen and oxygen atoms in total. The van der Waals surface area contributed by atoms with Crippen LogP contribution in [-0.2, 0) is 14.3 Å². The lowest BCUT2D eigenvalue weighted by atomic mass is 9.99. The Morgan fingerprint density at radius 3 is 1.50 bits per heavy atom. The molecular formula is C45H85NO8. The molecule has 1 rings (SSSR count). The van der Waals surface area contributed by atoms with Gasteiger partial charge in [-0.05, 0) is 44.9 Å². The minimum atomic E-state index is -1.56. The van der Waals surface area contributed by atoms with E-state index in [2.05, 4.69) is 31.3 Å². The van der Waals surface area contributed by atoms with Gasteiger partial charge in [0.05, 0.1) is 25.4 Å². The Morgan fingerprint density at radius 1 is 0.611 bits per heavy atom. The summed E-state index contributed by atoms with van der Waals surface area (Å²) in [5.74, 6) is -0.180. The van der Waals surface area contributed by atoms with E-state index in [1.807, 2.05) is 6.08 Å². The molecule has 0 saturated carbocycles. The number of aliphatic hydroxyl groups excluding tert-OH is 5. The van der Waals surface area contributed by atoms with Crippen LogP contribution in [0.2, 0.25) is 0 Å². The third-order valence-electron chi connectivity index (χ3n) is 10.8. The van der Waals surface area contributed by atoms with E-state index in [1.54, 1.807) is 6.08 Å². The number of hydrogen-bond donors (Lipinski definition) is 6. The third kappa shape index (κ3) is 26.5. The fourth-order valence-electron chi connectivity index (χ4n) is 7.09. The van der Waals surface area contributed by atoms with Gasteiger partial charge in [-0.25, -0.2) is 0 Å². The van der Waals surface area contributed by atoms with Crippen LogP contribution in [-0.4, -0.2) is 87.5 Å². The molecule has 0 aliphatic carbocycles. The highest BCUT2D eigenvalue weighted by Crippen LogP contribution is 2.22. The van der Waals surface area contributed by atoms with E-state index in [0.717, 1.165) is 38.5 Å². The van der Waals surface area contributed by atoms with Crippen molar-refractivity contribution in [1.29, 1.82) is 0 Å². The Bertz CT molecular complexity index is 899. The van der Waals surface area contributed by atoms with Crippen LogP contribution >= 0.6 is 0 Å². The number of nitrogens with one attached hydrogen (secondary N) is 1. The number of allylic oxidation sites excluding steroid dienone is 3. The number of carbonyl (C=O) groups is 1. The summed E-state index contributed by atoms with van der Waals surface area (Å²) in [6, 6.07) is -0.801. The second kappa shape index (κ2) is 36.0. The van der Waals surface area contributed by atoms with E-state index in [9.17, 15) is 30.3 Å². The normalized spacial score (nSPS) is 21.6. The van der Waals surface area contributed by atoms with Crippen molar-refractivity contribution in [3.05, 3.63) is 24.3 Å². The number of carbonyl (C=O) groups excluding carboxylic acids is 1. The van der Waals surface area contributed by atoms with Gasteiger partial charge in [-0.3, -0.25) is 4.79 Å². The first kappa shape index (κ1) is 50.7. The lowest BCUT2D eigenvalue weighted by Gasteiger charge is -2.40. The van der Waals surface area contributed by atoms with Crippen molar-refractivity contribution in [2.75, 3.05) is 13.2 Å². The van der Waals surface area contributed by atoms with E-state index < -0.39 is 49.5 Å². The zero-order valence-electron chi connectivity index (χ0n) is 34.7. The van der Waals surface area contributed by atoms with Crippen molar-refractivity contribution in [3.63, 3.8) is 0 Å². The standard InChI is InChI=1S/C45H85NO8/c1-3-5-7-9-11-13-15-16-17-18-19-20-21-22-23-25-27-29-31-33-35-41(49)46-38(37-53-45-44(52)43(51)42(50)40(36-47)54-45)39(48)34-32-30-28-26-24-14-12-10-8-6-4-2/h16-17,32,34,38-40,42-45,47-48,50-52H,3-15,18-31,33,35-37H2,1-2H3,(H,46,49)/b17-16-,34-32+/t38-,39+,40+,42+,43-,44+,45+/m0/s1. The first-order valence-corrected chi connectivity index (χ1v) is 22.6. The predicted octanol–water partition coefficient (Wildman–Crippen LogP) is 9.11. The average molecular weight is 768 g/mol. The molecule has 0 spiro atoms. The van der Waals surface area contributed by atoms with E-state index in [-0.39, 0.29) is 12.5 Å². The van der Waals surface area contributed by atoms with E-state index in [1.165, 1.54) is 141 Å². The van der Waals surface area contributed by atoms with Gasteiger partial charge in [-0.15, -0.1) is 0 Å². The second-order valence-corrected chi connectivity index (χ2v) is 15.8. The maximum atomic E-state index is 12.9. The summed E-state index contributed by atoms with van der Waals surface area (Å²) in [7, 11) is 0. The largest absolute Gasteiger partial charge is 0.394 e. The molecule has 1 amide bonds. The third-order valence-corrected chi connectivity index (χ3v) is 10.8. The maximum absolute atomic E-state index is 12.9. The van der Waals surface area contributed by atoms with Crippen LogP contribution < -0.4 is 5.32 Å². The van der Waals surface area contributed by atoms with E-state index in [0.29, 0.717) is 6.42 Å². The number of unbranched alkanes of at least 4 members (excludes halogenated alkanes) is 25. The zero-order chi connectivity index (χ0) is 39.5. The van der Waals surface area contributed by atoms with Gasteiger partial charge in [0.25, 0.3) is 0 Å². The summed E-state index contributed by atoms with van der Waals surface area (Å²) in [5, 5.41) is 54.1. The second-order valence-electron chi connectivity index (χ2n) is 15.8. The lowest BCUT2D eigenvalue weighted by Crippen LogP contribution is -2.60. The summed E-state index contributed by atoms with van der Waals surface area (Å²) in [4.78, 5) is 12.9. The molecule has 54 heavy (non-hydrogen) atoms. The highest BCUT2D eigenvalue weighted by atomic mass is 16.7. The molecule has 0 bridgehead atoms. The van der Waals surface area contributed by atoms with Crippen LogP contribution in [0.3, 0.4) is 0 Å². The van der Waals surface area contributed by atoms with Gasteiger partial charge in [0.2, 0.25) is 5.91 Å². The molecule has 0 radical (unpaired) electrons. The van der Waals surface area contributed by atoms with Gasteiger partial charge in [0, 0.05) is 6.42 Å². The molecule has 0 unspecified atom stereocenters. The molecule has 9 heteroatoms. The predicted molar refractivity (Wildman–Crippen MR) is 221 cm³/mol. The maximum Gasteiger partial charge on any atom is 0.220 e. The van der Waals surface area contributed by atoms with Crippen LogP contribution in [0.5, 0.6) is 0 Å². The summed E-state index contributed by atoms with van der Waals surface area (Å²) >= 11 is 0. The molecule has 0 aromatic rings. The molecule has 1 saturated heterocycles. The summed E-state index contributed by atoms with van der Waals surface area (Å²) in [5.41, 5.74) is 0. The Morgan fingerprint density at radius 2 is 1.04 bits per heavy atom. The highest BCUT2D eigenvalue weighted by molar-refractivity contribution is 5.76. The molecular weight excluding hydrogens is 682 g/mol. The molecule has 7 atom stereocenters. The Kier molecular flexibility index (Phi) is 33.8. The van der Waals surface area contributed by atoms with Gasteiger partial charge >= 0.3 is 0 Å². The minimum absolute atomic E-state index is 0.180. The SMILES string of the molecule is CCCCCCCC/C=C\CCCCCCCCCCCCC(=O)N[C@@H](CO[C@@H]1O[C@H](CO)[C@@H](O)[C@H](O)[C@H]1O)[C@H](O)/C=C/CCCCCCCCCCC. The molecule has 1 fully saturated rings. The minimum Gasteiger partial charge on any atom is -0.394 e. The van der Waals surface area contributed by atoms with E-state index in [4.69, 9.17) is 9.47 Å². The quantitative estimate of drug-likeness (QED) is 0.0271. The Hall–Kier alpha value is -1.33. The first-order chi connectivity index (χ1) is 26.3. The molecule has 0 aromatic heterocycles. The van der Waals surface area contributed by atoms with Crippen LogP contribution in [0.25, 0.3) is 0 Å². The summed E-state index contributed by atoms with van der Waals surface area (Å²) in [6.07, 6.45) is 35.1. The molecule has 1 aliphatic rings. The van der Waals surface area contributed by atoms with Gasteiger partial charge in [-0.1, -0.05) is 173 Å².